The Balaban J connectivity index is 2.39. The van der Waals surface area contributed by atoms with Crippen molar-refractivity contribution in [2.75, 3.05) is 23.8 Å². The van der Waals surface area contributed by atoms with Gasteiger partial charge >= 0.3 is 0 Å². The lowest BCUT2D eigenvalue weighted by atomic mass is 10.1. The van der Waals surface area contributed by atoms with Gasteiger partial charge in [0.2, 0.25) is 0 Å². The van der Waals surface area contributed by atoms with Gasteiger partial charge in [-0.05, 0) is 31.0 Å². The number of rotatable bonds is 1. The molecular weight excluding hydrogens is 172 g/mol. The summed E-state index contributed by atoms with van der Waals surface area (Å²) in [4.78, 5) is 2.32. The maximum atomic E-state index is 3.52. The van der Waals surface area contributed by atoms with E-state index in [4.69, 9.17) is 0 Å². The standard InChI is InChI=1S/C12H18N2/c1-4-10-5-6-12-11(7-10)13-9(2)8-14(12)3/h5-7,9,13H,4,8H2,1-3H3. The summed E-state index contributed by atoms with van der Waals surface area (Å²) in [5.74, 6) is 0. The van der Waals surface area contributed by atoms with Gasteiger partial charge in [0.05, 0.1) is 11.4 Å². The highest BCUT2D eigenvalue weighted by atomic mass is 15.2. The van der Waals surface area contributed by atoms with Crippen LogP contribution in [0.5, 0.6) is 0 Å². The molecule has 1 N–H and O–H groups in total. The van der Waals surface area contributed by atoms with E-state index in [1.165, 1.54) is 16.9 Å². The highest BCUT2D eigenvalue weighted by molar-refractivity contribution is 5.73. The van der Waals surface area contributed by atoms with Crippen LogP contribution in [0.1, 0.15) is 19.4 Å². The summed E-state index contributed by atoms with van der Waals surface area (Å²) < 4.78 is 0. The molecule has 0 spiro atoms. The minimum absolute atomic E-state index is 0.541. The number of hydrogen-bond acceptors (Lipinski definition) is 2. The molecule has 0 saturated carbocycles. The van der Waals surface area contributed by atoms with Crippen LogP contribution in [0.2, 0.25) is 0 Å². The average molecular weight is 190 g/mol. The lowest BCUT2D eigenvalue weighted by Gasteiger charge is -2.33. The Hall–Kier alpha value is -1.18. The van der Waals surface area contributed by atoms with Crippen molar-refractivity contribution in [3.05, 3.63) is 23.8 Å². The summed E-state index contributed by atoms with van der Waals surface area (Å²) in [5.41, 5.74) is 4.00. The topological polar surface area (TPSA) is 15.3 Å². The predicted molar refractivity (Wildman–Crippen MR) is 62.2 cm³/mol. The van der Waals surface area contributed by atoms with E-state index in [0.717, 1.165) is 13.0 Å². The first-order valence-corrected chi connectivity index (χ1v) is 5.31. The maximum absolute atomic E-state index is 3.52. The van der Waals surface area contributed by atoms with Crippen LogP contribution >= 0.6 is 0 Å². The van der Waals surface area contributed by atoms with E-state index < -0.39 is 0 Å². The van der Waals surface area contributed by atoms with Crippen LogP contribution in [-0.2, 0) is 6.42 Å². The van der Waals surface area contributed by atoms with Crippen molar-refractivity contribution in [3.63, 3.8) is 0 Å². The van der Waals surface area contributed by atoms with Gasteiger partial charge in [-0.2, -0.15) is 0 Å². The Labute approximate surface area is 85.9 Å². The number of nitrogens with one attached hydrogen (secondary N) is 1. The van der Waals surface area contributed by atoms with Crippen molar-refractivity contribution in [2.24, 2.45) is 0 Å². The highest BCUT2D eigenvalue weighted by Crippen LogP contribution is 2.30. The zero-order valence-corrected chi connectivity index (χ0v) is 9.17. The molecule has 0 aliphatic carbocycles. The van der Waals surface area contributed by atoms with E-state index in [0.29, 0.717) is 6.04 Å². The molecule has 1 heterocycles. The Bertz CT molecular complexity index is 333. The zero-order valence-electron chi connectivity index (χ0n) is 9.17. The van der Waals surface area contributed by atoms with Crippen molar-refractivity contribution in [3.8, 4) is 0 Å². The van der Waals surface area contributed by atoms with E-state index in [1.54, 1.807) is 0 Å². The summed E-state index contributed by atoms with van der Waals surface area (Å²) in [5, 5.41) is 3.52. The molecule has 0 saturated heterocycles. The molecule has 1 aliphatic heterocycles. The molecule has 1 unspecified atom stereocenters. The molecule has 0 bridgehead atoms. The van der Waals surface area contributed by atoms with E-state index in [9.17, 15) is 0 Å². The normalized spacial score (nSPS) is 20.2. The zero-order chi connectivity index (χ0) is 10.1. The summed E-state index contributed by atoms with van der Waals surface area (Å²) in [6.45, 7) is 5.49. The quantitative estimate of drug-likeness (QED) is 0.732. The smallest absolute Gasteiger partial charge is 0.0600 e. The molecule has 14 heavy (non-hydrogen) atoms. The van der Waals surface area contributed by atoms with Crippen LogP contribution < -0.4 is 10.2 Å². The number of nitrogens with zero attached hydrogens (tertiary/aromatic N) is 1. The van der Waals surface area contributed by atoms with Gasteiger partial charge in [0.25, 0.3) is 0 Å². The predicted octanol–water partition coefficient (Wildman–Crippen LogP) is 2.50. The van der Waals surface area contributed by atoms with E-state index in [-0.39, 0.29) is 0 Å². The fraction of sp³-hybridized carbons (Fsp3) is 0.500. The first kappa shape index (κ1) is 9.38. The van der Waals surface area contributed by atoms with Gasteiger partial charge in [-0.15, -0.1) is 0 Å². The second-order valence-electron chi connectivity index (χ2n) is 4.13. The summed E-state index contributed by atoms with van der Waals surface area (Å²) in [6.07, 6.45) is 1.10. The average Bonchev–Trinajstić information content (AvgIpc) is 2.16. The molecule has 76 valence electrons. The Morgan fingerprint density at radius 1 is 1.50 bits per heavy atom. The minimum atomic E-state index is 0.541. The molecular formula is C12H18N2. The van der Waals surface area contributed by atoms with Crippen LogP contribution in [0.15, 0.2) is 18.2 Å². The summed E-state index contributed by atoms with van der Waals surface area (Å²) >= 11 is 0. The molecule has 0 radical (unpaired) electrons. The fourth-order valence-electron chi connectivity index (χ4n) is 2.07. The van der Waals surface area contributed by atoms with Gasteiger partial charge in [-0.25, -0.2) is 0 Å². The number of aryl methyl sites for hydroxylation is 1. The molecule has 0 aromatic heterocycles. The van der Waals surface area contributed by atoms with Gasteiger partial charge in [0.15, 0.2) is 0 Å². The lowest BCUT2D eigenvalue weighted by Crippen LogP contribution is -2.37. The monoisotopic (exact) mass is 190 g/mol. The molecule has 0 fully saturated rings. The number of benzene rings is 1. The third-order valence-electron chi connectivity index (χ3n) is 2.83. The number of likely N-dealkylation sites (N-methyl/N-ethyl adjacent to an activating group) is 1. The summed E-state index contributed by atoms with van der Waals surface area (Å²) in [6, 6.07) is 7.24. The summed E-state index contributed by atoms with van der Waals surface area (Å²) in [7, 11) is 2.15. The second kappa shape index (κ2) is 3.52. The van der Waals surface area contributed by atoms with Crippen molar-refractivity contribution in [2.45, 2.75) is 26.3 Å². The molecule has 1 atom stereocenters. The van der Waals surface area contributed by atoms with Crippen LogP contribution in [0.25, 0.3) is 0 Å². The lowest BCUT2D eigenvalue weighted by molar-refractivity contribution is 0.737. The van der Waals surface area contributed by atoms with Crippen molar-refractivity contribution >= 4 is 11.4 Å². The molecule has 2 rings (SSSR count). The molecule has 2 nitrogen and oxygen atoms in total. The van der Waals surface area contributed by atoms with E-state index in [2.05, 4.69) is 49.3 Å². The molecule has 0 amide bonds. The van der Waals surface area contributed by atoms with Gasteiger partial charge in [0.1, 0.15) is 0 Å². The third kappa shape index (κ3) is 1.57. The van der Waals surface area contributed by atoms with Crippen molar-refractivity contribution in [1.29, 1.82) is 0 Å². The first-order valence-electron chi connectivity index (χ1n) is 5.31. The second-order valence-corrected chi connectivity index (χ2v) is 4.13. The third-order valence-corrected chi connectivity index (χ3v) is 2.83. The maximum Gasteiger partial charge on any atom is 0.0600 e. The van der Waals surface area contributed by atoms with Gasteiger partial charge < -0.3 is 10.2 Å². The van der Waals surface area contributed by atoms with Gasteiger partial charge in [-0.3, -0.25) is 0 Å². The molecule has 1 aromatic carbocycles. The van der Waals surface area contributed by atoms with E-state index >= 15 is 0 Å². The largest absolute Gasteiger partial charge is 0.379 e. The van der Waals surface area contributed by atoms with Gasteiger partial charge in [0, 0.05) is 19.6 Å². The number of hydrogen-bond donors (Lipinski definition) is 1. The number of fused-ring (bicyclic) bond motifs is 1. The molecule has 2 heteroatoms. The van der Waals surface area contributed by atoms with E-state index in [1.807, 2.05) is 0 Å². The Morgan fingerprint density at radius 2 is 2.29 bits per heavy atom. The highest BCUT2D eigenvalue weighted by Gasteiger charge is 2.17. The minimum Gasteiger partial charge on any atom is -0.379 e. The molecule has 1 aromatic rings. The number of anilines is 2. The fourth-order valence-corrected chi connectivity index (χ4v) is 2.07. The van der Waals surface area contributed by atoms with Crippen molar-refractivity contribution < 1.29 is 0 Å². The van der Waals surface area contributed by atoms with Crippen LogP contribution in [0, 0.1) is 0 Å². The van der Waals surface area contributed by atoms with Gasteiger partial charge in [-0.1, -0.05) is 13.0 Å². The Morgan fingerprint density at radius 3 is 3.00 bits per heavy atom. The SMILES string of the molecule is CCc1ccc2c(c1)NC(C)CN2C. The van der Waals surface area contributed by atoms with Crippen LogP contribution in [-0.4, -0.2) is 19.6 Å². The van der Waals surface area contributed by atoms with Crippen LogP contribution in [0.3, 0.4) is 0 Å². The van der Waals surface area contributed by atoms with Crippen LogP contribution in [0.4, 0.5) is 11.4 Å². The molecule has 1 aliphatic rings. The van der Waals surface area contributed by atoms with Crippen molar-refractivity contribution in [1.82, 2.24) is 0 Å². The first-order chi connectivity index (χ1) is 6.70. The Kier molecular flexibility index (Phi) is 2.36.